The molecule has 0 radical (unpaired) electrons. The maximum Gasteiger partial charge on any atom is 0.487 e. The van der Waals surface area contributed by atoms with Crippen molar-refractivity contribution in [2.45, 2.75) is 5.57 Å². The Morgan fingerprint density at radius 3 is 2.30 bits per heavy atom. The number of alkyl halides is 3. The van der Waals surface area contributed by atoms with Gasteiger partial charge in [0.05, 0.1) is 23.7 Å². The number of anilines is 1. The van der Waals surface area contributed by atoms with Crippen LogP contribution in [-0.4, -0.2) is 36.9 Å². The molecule has 8 nitrogen and oxygen atoms in total. The van der Waals surface area contributed by atoms with E-state index in [0.717, 1.165) is 11.1 Å². The van der Waals surface area contributed by atoms with Crippen LogP contribution in [0.15, 0.2) is 61.3 Å². The van der Waals surface area contributed by atoms with Gasteiger partial charge < -0.3 is 10.1 Å². The van der Waals surface area contributed by atoms with Crippen LogP contribution in [0.5, 0.6) is 5.75 Å². The number of carbonyl (C=O) groups excluding carboxylic acids is 1. The van der Waals surface area contributed by atoms with Crippen LogP contribution in [0.2, 0.25) is 0 Å². The molecule has 11 heteroatoms. The molecule has 3 aromatic heterocycles. The lowest BCUT2D eigenvalue weighted by Crippen LogP contribution is -2.16. The lowest BCUT2D eigenvalue weighted by atomic mass is 10.0. The zero-order valence-electron chi connectivity index (χ0n) is 15.1. The number of aromatic amines is 2. The second kappa shape index (κ2) is 7.91. The Labute approximate surface area is 173 Å². The number of H-pyrrole nitrogens is 2. The third kappa shape index (κ3) is 4.44. The van der Waals surface area contributed by atoms with Crippen molar-refractivity contribution in [2.75, 3.05) is 5.32 Å². The SMILES string of the molecule is O=C(Nc1ccc(OC(F)(F)Cl)cc1)c1cnc(-c2cn[nH]c2)c(-c2cn[nH]c2)c1. The van der Waals surface area contributed by atoms with Crippen LogP contribution >= 0.6 is 11.6 Å². The van der Waals surface area contributed by atoms with Gasteiger partial charge in [-0.05, 0) is 30.3 Å². The Kier molecular flexibility index (Phi) is 5.15. The van der Waals surface area contributed by atoms with Crippen LogP contribution in [0.1, 0.15) is 10.4 Å². The summed E-state index contributed by atoms with van der Waals surface area (Å²) in [5, 5.41) is 16.0. The van der Waals surface area contributed by atoms with Crippen LogP contribution in [0.3, 0.4) is 0 Å². The number of hydrogen-bond acceptors (Lipinski definition) is 5. The van der Waals surface area contributed by atoms with Crippen molar-refractivity contribution in [1.82, 2.24) is 25.4 Å². The van der Waals surface area contributed by atoms with Gasteiger partial charge in [-0.25, -0.2) is 0 Å². The minimum Gasteiger partial charge on any atom is -0.420 e. The summed E-state index contributed by atoms with van der Waals surface area (Å²) in [7, 11) is 0. The number of hydrogen-bond donors (Lipinski definition) is 3. The van der Waals surface area contributed by atoms with Gasteiger partial charge in [-0.2, -0.15) is 10.2 Å². The van der Waals surface area contributed by atoms with Gasteiger partial charge in [-0.3, -0.25) is 20.0 Å². The molecule has 0 spiro atoms. The average molecular weight is 431 g/mol. The molecule has 0 saturated carbocycles. The fraction of sp³-hybridized carbons (Fsp3) is 0.0526. The number of amides is 1. The molecule has 152 valence electrons. The van der Waals surface area contributed by atoms with Crippen LogP contribution < -0.4 is 10.1 Å². The van der Waals surface area contributed by atoms with E-state index in [1.165, 1.54) is 30.5 Å². The van der Waals surface area contributed by atoms with E-state index in [0.29, 0.717) is 22.5 Å². The fourth-order valence-electron chi connectivity index (χ4n) is 2.76. The molecule has 30 heavy (non-hydrogen) atoms. The highest BCUT2D eigenvalue weighted by Crippen LogP contribution is 2.30. The summed E-state index contributed by atoms with van der Waals surface area (Å²) in [5.41, 5.74) is -0.311. The Bertz CT molecular complexity index is 1140. The molecule has 3 N–H and O–H groups in total. The highest BCUT2D eigenvalue weighted by molar-refractivity contribution is 6.20. The smallest absolute Gasteiger partial charge is 0.420 e. The summed E-state index contributed by atoms with van der Waals surface area (Å²) in [5.74, 6) is -0.566. The van der Waals surface area contributed by atoms with Gasteiger partial charge in [0.1, 0.15) is 5.75 Å². The summed E-state index contributed by atoms with van der Waals surface area (Å²) in [6.45, 7) is 0. The summed E-state index contributed by atoms with van der Waals surface area (Å²) < 4.78 is 29.6. The van der Waals surface area contributed by atoms with Crippen LogP contribution in [0.4, 0.5) is 14.5 Å². The normalized spacial score (nSPS) is 11.3. The van der Waals surface area contributed by atoms with E-state index in [1.54, 1.807) is 30.9 Å². The number of nitrogens with one attached hydrogen (secondary N) is 3. The number of carbonyl (C=O) groups is 1. The van der Waals surface area contributed by atoms with E-state index < -0.39 is 11.5 Å². The van der Waals surface area contributed by atoms with E-state index in [2.05, 4.69) is 35.4 Å². The van der Waals surface area contributed by atoms with Gasteiger partial charge in [0, 0.05) is 52.6 Å². The van der Waals surface area contributed by atoms with Crippen molar-refractivity contribution >= 4 is 23.2 Å². The maximum absolute atomic E-state index is 12.7. The lowest BCUT2D eigenvalue weighted by Gasteiger charge is -2.12. The summed E-state index contributed by atoms with van der Waals surface area (Å²) in [4.78, 5) is 17.1. The second-order valence-corrected chi connectivity index (χ2v) is 6.56. The Morgan fingerprint density at radius 2 is 1.70 bits per heavy atom. The van der Waals surface area contributed by atoms with Gasteiger partial charge in [0.15, 0.2) is 0 Å². The van der Waals surface area contributed by atoms with Crippen molar-refractivity contribution in [3.63, 3.8) is 0 Å². The minimum absolute atomic E-state index is 0.138. The third-order valence-electron chi connectivity index (χ3n) is 4.08. The number of pyridine rings is 1. The van der Waals surface area contributed by atoms with Crippen LogP contribution in [0.25, 0.3) is 22.4 Å². The standard InChI is InChI=1S/C19H13ClF2N6O2/c20-19(21,22)30-15-3-1-14(2-4-15)28-18(29)11-5-16(12-7-24-25-8-12)17(23-6-11)13-9-26-27-10-13/h1-10H,(H,24,25)(H,26,27)(H,28,29). The number of nitrogens with zero attached hydrogens (tertiary/aromatic N) is 3. The van der Waals surface area contributed by atoms with Gasteiger partial charge in [-0.1, -0.05) is 0 Å². The van der Waals surface area contributed by atoms with E-state index in [4.69, 9.17) is 11.6 Å². The summed E-state index contributed by atoms with van der Waals surface area (Å²) >= 11 is 4.73. The first kappa shape index (κ1) is 19.5. The quantitative estimate of drug-likeness (QED) is 0.395. The summed E-state index contributed by atoms with van der Waals surface area (Å²) in [6.07, 6.45) is 8.06. The van der Waals surface area contributed by atoms with Crippen molar-refractivity contribution in [3.05, 3.63) is 66.9 Å². The number of ether oxygens (including phenoxy) is 1. The maximum atomic E-state index is 12.7. The van der Waals surface area contributed by atoms with Gasteiger partial charge in [-0.15, -0.1) is 8.78 Å². The highest BCUT2D eigenvalue weighted by atomic mass is 35.5. The number of halogens is 3. The molecule has 3 heterocycles. The second-order valence-electron chi connectivity index (χ2n) is 6.12. The highest BCUT2D eigenvalue weighted by Gasteiger charge is 2.27. The molecule has 0 saturated heterocycles. The minimum atomic E-state index is -3.81. The molecular weight excluding hydrogens is 418 g/mol. The van der Waals surface area contributed by atoms with E-state index in [1.807, 2.05) is 0 Å². The first-order chi connectivity index (χ1) is 14.4. The Morgan fingerprint density at radius 1 is 1.03 bits per heavy atom. The molecule has 0 aliphatic heterocycles. The molecule has 0 atom stereocenters. The van der Waals surface area contributed by atoms with Crippen molar-refractivity contribution in [2.24, 2.45) is 0 Å². The zero-order chi connectivity index (χ0) is 21.1. The zero-order valence-corrected chi connectivity index (χ0v) is 15.8. The van der Waals surface area contributed by atoms with Crippen molar-refractivity contribution in [3.8, 4) is 28.1 Å². The monoisotopic (exact) mass is 430 g/mol. The number of aromatic nitrogens is 5. The number of benzene rings is 1. The average Bonchev–Trinajstić information content (AvgIpc) is 3.42. The van der Waals surface area contributed by atoms with E-state index >= 15 is 0 Å². The molecule has 0 aliphatic rings. The fourth-order valence-corrected chi connectivity index (χ4v) is 2.85. The van der Waals surface area contributed by atoms with E-state index in [9.17, 15) is 13.6 Å². The number of rotatable bonds is 6. The topological polar surface area (TPSA) is 109 Å². The van der Waals surface area contributed by atoms with E-state index in [-0.39, 0.29) is 5.75 Å². The Hall–Kier alpha value is -3.79. The van der Waals surface area contributed by atoms with Gasteiger partial charge in [0.25, 0.3) is 5.91 Å². The molecule has 4 aromatic rings. The first-order valence-corrected chi connectivity index (χ1v) is 8.92. The van der Waals surface area contributed by atoms with Crippen LogP contribution in [0, 0.1) is 0 Å². The molecule has 0 unspecified atom stereocenters. The predicted molar refractivity (Wildman–Crippen MR) is 105 cm³/mol. The van der Waals surface area contributed by atoms with Crippen LogP contribution in [-0.2, 0) is 0 Å². The lowest BCUT2D eigenvalue weighted by molar-refractivity contribution is -0.0964. The third-order valence-corrected chi connectivity index (χ3v) is 4.15. The summed E-state index contributed by atoms with van der Waals surface area (Å²) in [6, 6.07) is 7.05. The molecule has 4 rings (SSSR count). The van der Waals surface area contributed by atoms with Crippen molar-refractivity contribution < 1.29 is 18.3 Å². The van der Waals surface area contributed by atoms with Gasteiger partial charge >= 0.3 is 5.57 Å². The molecule has 1 amide bonds. The molecule has 0 bridgehead atoms. The molecule has 1 aromatic carbocycles. The molecule has 0 aliphatic carbocycles. The largest absolute Gasteiger partial charge is 0.487 e. The molecule has 0 fully saturated rings. The predicted octanol–water partition coefficient (Wildman–Crippen LogP) is 4.28. The van der Waals surface area contributed by atoms with Crippen molar-refractivity contribution in [1.29, 1.82) is 0 Å². The Balaban J connectivity index is 1.58. The van der Waals surface area contributed by atoms with Gasteiger partial charge in [0.2, 0.25) is 0 Å². The first-order valence-electron chi connectivity index (χ1n) is 8.54. The molecular formula is C19H13ClF2N6O2.